The lowest BCUT2D eigenvalue weighted by Gasteiger charge is -2.54. The first-order chi connectivity index (χ1) is 12.1. The topological polar surface area (TPSA) is 57.6 Å². The number of urea groups is 1. The van der Waals surface area contributed by atoms with Gasteiger partial charge in [0.15, 0.2) is 0 Å². The van der Waals surface area contributed by atoms with Crippen molar-refractivity contribution in [1.29, 1.82) is 0 Å². The summed E-state index contributed by atoms with van der Waals surface area (Å²) in [5.41, 5.74) is 0.929. The Labute approximate surface area is 149 Å². The highest BCUT2D eigenvalue weighted by atomic mass is 16.2. The van der Waals surface area contributed by atoms with Crippen LogP contribution in [0.4, 0.5) is 4.79 Å². The minimum Gasteiger partial charge on any atom is -0.356 e. The molecule has 6 heteroatoms. The minimum absolute atomic E-state index is 0.0280. The average molecular weight is 344 g/mol. The van der Waals surface area contributed by atoms with E-state index in [1.165, 1.54) is 6.42 Å². The molecular formula is C19H28N4O2. The van der Waals surface area contributed by atoms with Crippen LogP contribution in [0.5, 0.6) is 0 Å². The van der Waals surface area contributed by atoms with Crippen molar-refractivity contribution in [2.24, 2.45) is 12.5 Å². The van der Waals surface area contributed by atoms with Gasteiger partial charge in [0, 0.05) is 51.7 Å². The van der Waals surface area contributed by atoms with Crippen molar-refractivity contribution in [3.05, 3.63) is 24.0 Å². The van der Waals surface area contributed by atoms with Crippen molar-refractivity contribution >= 4 is 11.9 Å². The van der Waals surface area contributed by atoms with Gasteiger partial charge < -0.3 is 19.7 Å². The Morgan fingerprint density at radius 1 is 1.08 bits per heavy atom. The molecule has 0 unspecified atom stereocenters. The number of nitrogens with zero attached hydrogens (tertiary/aromatic N) is 3. The van der Waals surface area contributed by atoms with Gasteiger partial charge in [-0.05, 0) is 50.0 Å². The van der Waals surface area contributed by atoms with Crippen LogP contribution in [0.15, 0.2) is 18.5 Å². The van der Waals surface area contributed by atoms with Gasteiger partial charge in [0.05, 0.1) is 5.56 Å². The number of nitrogens with one attached hydrogen (secondary N) is 1. The number of aromatic nitrogens is 1. The molecule has 4 rings (SSSR count). The standard InChI is InChI=1S/C19H28N4O2/c1-21-11-5-15(14-21)17(24)20-16-4-6-19(16)7-12-23(13-8-19)18(25)22-9-2-3-10-22/h5,11,14,16H,2-4,6-10,12-13H2,1H3,(H,20,24)/t16-/m0/s1. The molecule has 0 bridgehead atoms. The highest BCUT2D eigenvalue weighted by molar-refractivity contribution is 5.94. The Morgan fingerprint density at radius 3 is 2.32 bits per heavy atom. The third-order valence-corrected chi connectivity index (χ3v) is 6.48. The van der Waals surface area contributed by atoms with Gasteiger partial charge in [0.1, 0.15) is 0 Å². The van der Waals surface area contributed by atoms with Gasteiger partial charge in [-0.2, -0.15) is 0 Å². The number of carbonyl (C=O) groups is 2. The van der Waals surface area contributed by atoms with E-state index < -0.39 is 0 Å². The first kappa shape index (κ1) is 16.5. The van der Waals surface area contributed by atoms with Crippen molar-refractivity contribution in [2.45, 2.75) is 44.6 Å². The molecule has 1 aromatic rings. The molecule has 1 aliphatic carbocycles. The number of carbonyl (C=O) groups excluding carboxylic acids is 2. The van der Waals surface area contributed by atoms with E-state index in [0.29, 0.717) is 0 Å². The van der Waals surface area contributed by atoms with E-state index in [0.717, 1.165) is 63.8 Å². The average Bonchev–Trinajstić information content (AvgIpc) is 3.30. The maximum absolute atomic E-state index is 12.5. The highest BCUT2D eigenvalue weighted by Gasteiger charge is 2.49. The van der Waals surface area contributed by atoms with Crippen LogP contribution in [0.2, 0.25) is 0 Å². The molecule has 25 heavy (non-hydrogen) atoms. The van der Waals surface area contributed by atoms with Crippen LogP contribution in [0.1, 0.15) is 48.9 Å². The van der Waals surface area contributed by atoms with E-state index in [1.807, 2.05) is 39.9 Å². The van der Waals surface area contributed by atoms with Gasteiger partial charge in [0.2, 0.25) is 0 Å². The van der Waals surface area contributed by atoms with Gasteiger partial charge in [-0.25, -0.2) is 4.79 Å². The SMILES string of the molecule is Cn1ccc(C(=O)N[C@H]2CCC23CCN(C(=O)N2CCCC2)CC3)c1. The van der Waals surface area contributed by atoms with Crippen LogP contribution < -0.4 is 5.32 Å². The van der Waals surface area contributed by atoms with E-state index in [-0.39, 0.29) is 23.4 Å². The van der Waals surface area contributed by atoms with E-state index in [2.05, 4.69) is 5.32 Å². The maximum atomic E-state index is 12.5. The number of likely N-dealkylation sites (tertiary alicyclic amines) is 2. The van der Waals surface area contributed by atoms with E-state index in [1.54, 1.807) is 0 Å². The quantitative estimate of drug-likeness (QED) is 0.894. The molecule has 136 valence electrons. The molecule has 0 radical (unpaired) electrons. The molecule has 3 aliphatic rings. The summed E-state index contributed by atoms with van der Waals surface area (Å²) >= 11 is 0. The molecule has 3 fully saturated rings. The zero-order chi connectivity index (χ0) is 17.4. The van der Waals surface area contributed by atoms with Crippen LogP contribution in [0, 0.1) is 5.41 Å². The number of hydrogen-bond acceptors (Lipinski definition) is 2. The summed E-state index contributed by atoms with van der Waals surface area (Å²) in [4.78, 5) is 29.0. The van der Waals surface area contributed by atoms with Crippen molar-refractivity contribution in [1.82, 2.24) is 19.7 Å². The first-order valence-corrected chi connectivity index (χ1v) is 9.54. The number of amides is 3. The Bertz CT molecular complexity index is 654. The number of piperidine rings is 1. The van der Waals surface area contributed by atoms with E-state index in [9.17, 15) is 9.59 Å². The lowest BCUT2D eigenvalue weighted by molar-refractivity contribution is 0.00121. The third kappa shape index (κ3) is 3.02. The zero-order valence-corrected chi connectivity index (χ0v) is 15.0. The number of rotatable bonds is 2. The van der Waals surface area contributed by atoms with Crippen LogP contribution in [0.3, 0.4) is 0 Å². The lowest BCUT2D eigenvalue weighted by atomic mass is 9.59. The number of hydrogen-bond donors (Lipinski definition) is 1. The summed E-state index contributed by atoms with van der Waals surface area (Å²) in [7, 11) is 1.93. The van der Waals surface area contributed by atoms with Gasteiger partial charge in [-0.15, -0.1) is 0 Å². The summed E-state index contributed by atoms with van der Waals surface area (Å²) in [6.45, 7) is 3.48. The normalized spacial score (nSPS) is 25.1. The summed E-state index contributed by atoms with van der Waals surface area (Å²) < 4.78 is 1.90. The Hall–Kier alpha value is -1.98. The lowest BCUT2D eigenvalue weighted by Crippen LogP contribution is -2.60. The molecule has 3 heterocycles. The fourth-order valence-electron chi connectivity index (χ4n) is 4.65. The molecule has 1 atom stereocenters. The predicted molar refractivity (Wildman–Crippen MR) is 95.3 cm³/mol. The van der Waals surface area contributed by atoms with Gasteiger partial charge in [0.25, 0.3) is 5.91 Å². The molecule has 1 spiro atoms. The van der Waals surface area contributed by atoms with Crippen LogP contribution in [0.25, 0.3) is 0 Å². The third-order valence-electron chi connectivity index (χ3n) is 6.48. The largest absolute Gasteiger partial charge is 0.356 e. The van der Waals surface area contributed by atoms with Crippen molar-refractivity contribution in [3.8, 4) is 0 Å². The molecular weight excluding hydrogens is 316 g/mol. The predicted octanol–water partition coefficient (Wildman–Crippen LogP) is 2.22. The minimum atomic E-state index is 0.0280. The second-order valence-electron chi connectivity index (χ2n) is 7.96. The van der Waals surface area contributed by atoms with Gasteiger partial charge >= 0.3 is 6.03 Å². The molecule has 1 aromatic heterocycles. The first-order valence-electron chi connectivity index (χ1n) is 9.54. The molecule has 2 aliphatic heterocycles. The molecule has 2 saturated heterocycles. The summed E-state index contributed by atoms with van der Waals surface area (Å²) in [5.74, 6) is 0.0280. The van der Waals surface area contributed by atoms with Crippen molar-refractivity contribution in [2.75, 3.05) is 26.2 Å². The molecule has 6 nitrogen and oxygen atoms in total. The maximum Gasteiger partial charge on any atom is 0.319 e. The highest BCUT2D eigenvalue weighted by Crippen LogP contribution is 2.49. The molecule has 1 N–H and O–H groups in total. The van der Waals surface area contributed by atoms with Crippen LogP contribution in [-0.4, -0.2) is 58.5 Å². The van der Waals surface area contributed by atoms with Gasteiger partial charge in [-0.1, -0.05) is 0 Å². The second-order valence-corrected chi connectivity index (χ2v) is 7.96. The second kappa shape index (κ2) is 6.39. The Kier molecular flexibility index (Phi) is 4.21. The Morgan fingerprint density at radius 2 is 1.76 bits per heavy atom. The fourth-order valence-corrected chi connectivity index (χ4v) is 4.65. The fraction of sp³-hybridized carbons (Fsp3) is 0.684. The summed E-state index contributed by atoms with van der Waals surface area (Å²) in [6.07, 6.45) is 10.3. The summed E-state index contributed by atoms with van der Waals surface area (Å²) in [5, 5.41) is 3.24. The zero-order valence-electron chi connectivity index (χ0n) is 15.0. The van der Waals surface area contributed by atoms with E-state index in [4.69, 9.17) is 0 Å². The van der Waals surface area contributed by atoms with E-state index >= 15 is 0 Å². The monoisotopic (exact) mass is 344 g/mol. The van der Waals surface area contributed by atoms with Gasteiger partial charge in [-0.3, -0.25) is 4.79 Å². The van der Waals surface area contributed by atoms with Crippen molar-refractivity contribution < 1.29 is 9.59 Å². The Balaban J connectivity index is 1.33. The molecule has 0 aromatic carbocycles. The van der Waals surface area contributed by atoms with Crippen molar-refractivity contribution in [3.63, 3.8) is 0 Å². The summed E-state index contributed by atoms with van der Waals surface area (Å²) in [6, 6.07) is 2.33. The smallest absolute Gasteiger partial charge is 0.319 e. The van der Waals surface area contributed by atoms with Crippen LogP contribution in [-0.2, 0) is 7.05 Å². The van der Waals surface area contributed by atoms with Crippen LogP contribution >= 0.6 is 0 Å². The number of aryl methyl sites for hydroxylation is 1. The molecule has 1 saturated carbocycles. The molecule has 3 amide bonds.